The lowest BCUT2D eigenvalue weighted by Gasteiger charge is -2.11. The van der Waals surface area contributed by atoms with Crippen molar-refractivity contribution in [2.75, 3.05) is 5.32 Å². The highest BCUT2D eigenvalue weighted by atomic mass is 16.2. The van der Waals surface area contributed by atoms with E-state index in [9.17, 15) is 9.59 Å². The van der Waals surface area contributed by atoms with Gasteiger partial charge in [-0.3, -0.25) is 4.57 Å². The average Bonchev–Trinajstić information content (AvgIpc) is 3.29. The van der Waals surface area contributed by atoms with Crippen LogP contribution in [0.5, 0.6) is 0 Å². The molecule has 3 heterocycles. The Morgan fingerprint density at radius 3 is 2.67 bits per heavy atom. The van der Waals surface area contributed by atoms with Crippen LogP contribution in [-0.4, -0.2) is 30.3 Å². The molecule has 0 saturated heterocycles. The first kappa shape index (κ1) is 19.1. The molecule has 9 heteroatoms. The molecule has 0 aliphatic rings. The second-order valence-corrected chi connectivity index (χ2v) is 6.47. The highest BCUT2D eigenvalue weighted by molar-refractivity contribution is 5.89. The SMILES string of the molecule is O=C(NCc1cccnc1-n1cccn1)Nc1cccc(Cn2cccnc2=O)c1. The number of anilines is 1. The fraction of sp³-hybridized carbons (Fsp3) is 0.0952. The van der Waals surface area contributed by atoms with E-state index in [4.69, 9.17) is 0 Å². The Kier molecular flexibility index (Phi) is 5.61. The zero-order valence-electron chi connectivity index (χ0n) is 16.0. The van der Waals surface area contributed by atoms with Crippen LogP contribution in [0.25, 0.3) is 5.82 Å². The van der Waals surface area contributed by atoms with Crippen LogP contribution in [0.1, 0.15) is 11.1 Å². The van der Waals surface area contributed by atoms with E-state index in [0.29, 0.717) is 24.6 Å². The molecule has 0 fully saturated rings. The van der Waals surface area contributed by atoms with Gasteiger partial charge in [-0.2, -0.15) is 5.10 Å². The lowest BCUT2D eigenvalue weighted by Crippen LogP contribution is -2.29. The third-order valence-corrected chi connectivity index (χ3v) is 4.35. The normalized spacial score (nSPS) is 10.5. The molecule has 0 aliphatic heterocycles. The van der Waals surface area contributed by atoms with Crippen LogP contribution in [0.2, 0.25) is 0 Å². The van der Waals surface area contributed by atoms with Gasteiger partial charge in [0.15, 0.2) is 5.82 Å². The van der Waals surface area contributed by atoms with Crippen molar-refractivity contribution in [3.05, 3.63) is 101 Å². The minimum absolute atomic E-state index is 0.291. The third-order valence-electron chi connectivity index (χ3n) is 4.35. The topological polar surface area (TPSA) is 107 Å². The predicted molar refractivity (Wildman–Crippen MR) is 111 cm³/mol. The van der Waals surface area contributed by atoms with Crippen LogP contribution in [0.4, 0.5) is 10.5 Å². The van der Waals surface area contributed by atoms with E-state index in [1.807, 2.05) is 36.4 Å². The van der Waals surface area contributed by atoms with Crippen LogP contribution in [0.15, 0.2) is 84.3 Å². The molecule has 4 rings (SSSR count). The summed E-state index contributed by atoms with van der Waals surface area (Å²) in [5.41, 5.74) is 2.01. The largest absolute Gasteiger partial charge is 0.347 e. The van der Waals surface area contributed by atoms with Crippen LogP contribution >= 0.6 is 0 Å². The lowest BCUT2D eigenvalue weighted by molar-refractivity contribution is 0.251. The number of pyridine rings is 1. The van der Waals surface area contributed by atoms with Gasteiger partial charge in [-0.25, -0.2) is 24.2 Å². The maximum atomic E-state index is 12.4. The number of nitrogens with zero attached hydrogens (tertiary/aromatic N) is 5. The standard InChI is InChI=1S/C21H19N7O2/c29-20(24-14-17-6-2-8-22-19(17)28-12-4-10-25-28)26-18-7-1-5-16(13-18)15-27-11-3-9-23-21(27)30/h1-13H,14-15H2,(H2,24,26,29). The molecule has 0 saturated carbocycles. The molecule has 0 aliphatic carbocycles. The highest BCUT2D eigenvalue weighted by Gasteiger charge is 2.08. The van der Waals surface area contributed by atoms with Crippen molar-refractivity contribution in [3.63, 3.8) is 0 Å². The number of hydrogen-bond acceptors (Lipinski definition) is 5. The molecule has 9 nitrogen and oxygen atoms in total. The number of carbonyl (C=O) groups is 1. The first-order valence-electron chi connectivity index (χ1n) is 9.28. The Labute approximate surface area is 172 Å². The summed E-state index contributed by atoms with van der Waals surface area (Å²) in [5.74, 6) is 0.659. The lowest BCUT2D eigenvalue weighted by atomic mass is 10.2. The molecule has 2 N–H and O–H groups in total. The molecule has 4 aromatic rings. The fourth-order valence-electron chi connectivity index (χ4n) is 2.97. The van der Waals surface area contributed by atoms with Gasteiger partial charge in [0.25, 0.3) is 0 Å². The molecule has 30 heavy (non-hydrogen) atoms. The summed E-state index contributed by atoms with van der Waals surface area (Å²) in [6.45, 7) is 0.659. The number of rotatable bonds is 6. The van der Waals surface area contributed by atoms with Gasteiger partial charge < -0.3 is 10.6 Å². The maximum Gasteiger partial charge on any atom is 0.347 e. The zero-order chi connectivity index (χ0) is 20.8. The summed E-state index contributed by atoms with van der Waals surface area (Å²) in [4.78, 5) is 32.2. The van der Waals surface area contributed by atoms with Crippen LogP contribution < -0.4 is 16.3 Å². The van der Waals surface area contributed by atoms with Gasteiger partial charge in [0.05, 0.1) is 6.54 Å². The predicted octanol–water partition coefficient (Wildman–Crippen LogP) is 2.19. The van der Waals surface area contributed by atoms with Crippen molar-refractivity contribution in [3.8, 4) is 5.82 Å². The molecule has 0 bridgehead atoms. The van der Waals surface area contributed by atoms with E-state index in [0.717, 1.165) is 11.1 Å². The van der Waals surface area contributed by atoms with Crippen LogP contribution in [0.3, 0.4) is 0 Å². The Morgan fingerprint density at radius 2 is 1.83 bits per heavy atom. The van der Waals surface area contributed by atoms with E-state index < -0.39 is 0 Å². The van der Waals surface area contributed by atoms with Gasteiger partial charge >= 0.3 is 11.7 Å². The van der Waals surface area contributed by atoms with Crippen molar-refractivity contribution in [1.82, 2.24) is 29.6 Å². The summed E-state index contributed by atoms with van der Waals surface area (Å²) in [6.07, 6.45) is 8.28. The number of amides is 2. The van der Waals surface area contributed by atoms with E-state index >= 15 is 0 Å². The quantitative estimate of drug-likeness (QED) is 0.515. The minimum Gasteiger partial charge on any atom is -0.334 e. The van der Waals surface area contributed by atoms with Gasteiger partial charge in [0.1, 0.15) is 0 Å². The molecule has 2 amide bonds. The Hall–Kier alpha value is -4.27. The van der Waals surface area contributed by atoms with Gasteiger partial charge in [0.2, 0.25) is 0 Å². The molecule has 150 valence electrons. The van der Waals surface area contributed by atoms with Crippen molar-refractivity contribution in [2.24, 2.45) is 0 Å². The van der Waals surface area contributed by atoms with Gasteiger partial charge in [-0.1, -0.05) is 18.2 Å². The second kappa shape index (κ2) is 8.82. The van der Waals surface area contributed by atoms with Gasteiger partial charge in [0, 0.05) is 48.8 Å². The number of hydrogen-bond donors (Lipinski definition) is 2. The van der Waals surface area contributed by atoms with Crippen molar-refractivity contribution >= 4 is 11.7 Å². The molecule has 0 radical (unpaired) electrons. The van der Waals surface area contributed by atoms with Crippen LogP contribution in [-0.2, 0) is 13.1 Å². The molecule has 1 aromatic carbocycles. The van der Waals surface area contributed by atoms with Crippen molar-refractivity contribution in [2.45, 2.75) is 13.1 Å². The molecule has 3 aromatic heterocycles. The second-order valence-electron chi connectivity index (χ2n) is 6.47. The Balaban J connectivity index is 1.40. The Bertz CT molecular complexity index is 1200. The maximum absolute atomic E-state index is 12.4. The van der Waals surface area contributed by atoms with Crippen molar-refractivity contribution < 1.29 is 4.79 Å². The summed E-state index contributed by atoms with van der Waals surface area (Å²) in [6, 6.07) is 14.2. The van der Waals surface area contributed by atoms with E-state index in [1.54, 1.807) is 41.6 Å². The fourth-order valence-corrected chi connectivity index (χ4v) is 2.97. The van der Waals surface area contributed by atoms with Gasteiger partial charge in [-0.15, -0.1) is 0 Å². The molecule has 0 unspecified atom stereocenters. The molecule has 0 spiro atoms. The number of urea groups is 1. The monoisotopic (exact) mass is 401 g/mol. The van der Waals surface area contributed by atoms with E-state index in [1.165, 1.54) is 10.8 Å². The number of carbonyl (C=O) groups excluding carboxylic acids is 1. The summed E-state index contributed by atoms with van der Waals surface area (Å²) >= 11 is 0. The molecular formula is C21H19N7O2. The molecular weight excluding hydrogens is 382 g/mol. The van der Waals surface area contributed by atoms with Crippen LogP contribution in [0, 0.1) is 0 Å². The van der Waals surface area contributed by atoms with Gasteiger partial charge in [-0.05, 0) is 35.9 Å². The first-order chi connectivity index (χ1) is 14.7. The number of aromatic nitrogens is 5. The summed E-state index contributed by atoms with van der Waals surface area (Å²) in [7, 11) is 0. The number of nitrogens with one attached hydrogen (secondary N) is 2. The summed E-state index contributed by atoms with van der Waals surface area (Å²) in [5, 5.41) is 9.83. The van der Waals surface area contributed by atoms with E-state index in [2.05, 4.69) is 25.7 Å². The first-order valence-corrected chi connectivity index (χ1v) is 9.28. The Morgan fingerprint density at radius 1 is 0.967 bits per heavy atom. The van der Waals surface area contributed by atoms with Crippen molar-refractivity contribution in [1.29, 1.82) is 0 Å². The highest BCUT2D eigenvalue weighted by Crippen LogP contribution is 2.12. The van der Waals surface area contributed by atoms with E-state index in [-0.39, 0.29) is 11.7 Å². The zero-order valence-corrected chi connectivity index (χ0v) is 16.0. The molecule has 0 atom stereocenters. The smallest absolute Gasteiger partial charge is 0.334 e. The third kappa shape index (κ3) is 4.58. The average molecular weight is 401 g/mol. The number of benzene rings is 1. The minimum atomic E-state index is -0.346. The summed E-state index contributed by atoms with van der Waals surface area (Å²) < 4.78 is 3.15.